The summed E-state index contributed by atoms with van der Waals surface area (Å²) in [6.07, 6.45) is 0. The summed E-state index contributed by atoms with van der Waals surface area (Å²) < 4.78 is 61.1. The SMILES string of the molecule is COc1ccc(S(=O)(=O)Nc2ccc(S(=O)(=O)Nc3cccc(C)c3)cc2)cc1I. The standard InChI is InChI=1S/C20H19IN2O5S2/c1-14-4-3-5-16(12-14)23-29(24,25)17-8-6-15(7-9-17)22-30(26,27)18-10-11-20(28-2)19(21)13-18/h3-13,22-23H,1-2H3. The molecule has 0 aliphatic heterocycles. The first-order valence-corrected chi connectivity index (χ1v) is 12.7. The Morgan fingerprint density at radius 2 is 1.37 bits per heavy atom. The Balaban J connectivity index is 1.79. The molecule has 0 radical (unpaired) electrons. The average molecular weight is 558 g/mol. The summed E-state index contributed by atoms with van der Waals surface area (Å²) in [5, 5.41) is 0. The first kappa shape index (κ1) is 22.4. The van der Waals surface area contributed by atoms with Crippen molar-refractivity contribution in [2.45, 2.75) is 16.7 Å². The van der Waals surface area contributed by atoms with Crippen LogP contribution in [-0.4, -0.2) is 23.9 Å². The molecule has 2 N–H and O–H groups in total. The lowest BCUT2D eigenvalue weighted by atomic mass is 10.2. The molecule has 0 atom stereocenters. The van der Waals surface area contributed by atoms with Crippen molar-refractivity contribution in [3.05, 3.63) is 75.9 Å². The predicted molar refractivity (Wildman–Crippen MR) is 125 cm³/mol. The number of aryl methyl sites for hydroxylation is 1. The molecule has 0 aromatic heterocycles. The van der Waals surface area contributed by atoms with E-state index in [9.17, 15) is 16.8 Å². The third-order valence-corrected chi connectivity index (χ3v) is 7.74. The molecular weight excluding hydrogens is 539 g/mol. The second-order valence-electron chi connectivity index (χ2n) is 6.40. The van der Waals surface area contributed by atoms with Gasteiger partial charge in [-0.25, -0.2) is 16.8 Å². The van der Waals surface area contributed by atoms with Gasteiger partial charge >= 0.3 is 0 Å². The van der Waals surface area contributed by atoms with Gasteiger partial charge in [-0.2, -0.15) is 0 Å². The quantitative estimate of drug-likeness (QED) is 0.424. The maximum atomic E-state index is 12.6. The van der Waals surface area contributed by atoms with Crippen molar-refractivity contribution in [3.8, 4) is 5.75 Å². The molecule has 0 amide bonds. The summed E-state index contributed by atoms with van der Waals surface area (Å²) in [6.45, 7) is 1.86. The molecule has 0 aliphatic carbocycles. The zero-order chi connectivity index (χ0) is 21.9. The van der Waals surface area contributed by atoms with Crippen molar-refractivity contribution in [1.29, 1.82) is 0 Å². The monoisotopic (exact) mass is 558 g/mol. The number of halogens is 1. The first-order chi connectivity index (χ1) is 14.1. The van der Waals surface area contributed by atoms with Gasteiger partial charge in [-0.3, -0.25) is 9.44 Å². The Kier molecular flexibility index (Phi) is 6.58. The molecule has 3 aromatic carbocycles. The molecule has 0 saturated heterocycles. The van der Waals surface area contributed by atoms with Crippen molar-refractivity contribution in [2.24, 2.45) is 0 Å². The molecule has 30 heavy (non-hydrogen) atoms. The summed E-state index contributed by atoms with van der Waals surface area (Å²) in [5.74, 6) is 0.574. The highest BCUT2D eigenvalue weighted by Gasteiger charge is 2.18. The highest BCUT2D eigenvalue weighted by atomic mass is 127. The van der Waals surface area contributed by atoms with Gasteiger partial charge in [-0.15, -0.1) is 0 Å². The topological polar surface area (TPSA) is 102 Å². The molecule has 3 rings (SSSR count). The molecule has 7 nitrogen and oxygen atoms in total. The van der Waals surface area contributed by atoms with Gasteiger partial charge in [0.1, 0.15) is 5.75 Å². The third kappa shape index (κ3) is 5.24. The van der Waals surface area contributed by atoms with Crippen LogP contribution in [0.3, 0.4) is 0 Å². The lowest BCUT2D eigenvalue weighted by Crippen LogP contribution is -2.15. The van der Waals surface area contributed by atoms with Crippen LogP contribution in [0, 0.1) is 10.5 Å². The Morgan fingerprint density at radius 3 is 1.97 bits per heavy atom. The van der Waals surface area contributed by atoms with Crippen LogP contribution < -0.4 is 14.2 Å². The first-order valence-electron chi connectivity index (χ1n) is 8.67. The van der Waals surface area contributed by atoms with E-state index in [1.807, 2.05) is 35.6 Å². The summed E-state index contributed by atoms with van der Waals surface area (Å²) in [4.78, 5) is 0.0939. The molecule has 0 unspecified atom stereocenters. The Morgan fingerprint density at radius 1 is 0.767 bits per heavy atom. The smallest absolute Gasteiger partial charge is 0.261 e. The minimum atomic E-state index is -3.84. The number of methoxy groups -OCH3 is 1. The van der Waals surface area contributed by atoms with E-state index in [1.165, 1.54) is 43.5 Å². The summed E-state index contributed by atoms with van der Waals surface area (Å²) in [6, 6.07) is 17.0. The van der Waals surface area contributed by atoms with E-state index in [0.29, 0.717) is 15.0 Å². The summed E-state index contributed by atoms with van der Waals surface area (Å²) in [5.41, 5.74) is 1.62. The van der Waals surface area contributed by atoms with E-state index >= 15 is 0 Å². The van der Waals surface area contributed by atoms with Gasteiger partial charge in [-0.05, 0) is 89.7 Å². The van der Waals surface area contributed by atoms with Crippen molar-refractivity contribution in [1.82, 2.24) is 0 Å². The van der Waals surface area contributed by atoms with Gasteiger partial charge in [0, 0.05) is 11.4 Å². The fraction of sp³-hybridized carbons (Fsp3) is 0.100. The lowest BCUT2D eigenvalue weighted by molar-refractivity contribution is 0.411. The number of hydrogen-bond donors (Lipinski definition) is 2. The van der Waals surface area contributed by atoms with Crippen molar-refractivity contribution >= 4 is 54.0 Å². The summed E-state index contributed by atoms with van der Waals surface area (Å²) >= 11 is 1.99. The highest BCUT2D eigenvalue weighted by molar-refractivity contribution is 14.1. The lowest BCUT2D eigenvalue weighted by Gasteiger charge is -2.12. The normalized spacial score (nSPS) is 11.7. The van der Waals surface area contributed by atoms with E-state index in [4.69, 9.17) is 4.74 Å². The van der Waals surface area contributed by atoms with Crippen LogP contribution in [0.25, 0.3) is 0 Å². The number of ether oxygens (including phenoxy) is 1. The molecule has 0 spiro atoms. The van der Waals surface area contributed by atoms with Gasteiger partial charge in [0.05, 0.1) is 20.5 Å². The second kappa shape index (κ2) is 8.82. The maximum Gasteiger partial charge on any atom is 0.261 e. The number of nitrogens with one attached hydrogen (secondary N) is 2. The van der Waals surface area contributed by atoms with Gasteiger partial charge < -0.3 is 4.74 Å². The average Bonchev–Trinajstić information content (AvgIpc) is 2.67. The molecule has 0 heterocycles. The van der Waals surface area contributed by atoms with Crippen LogP contribution in [0.5, 0.6) is 5.75 Å². The van der Waals surface area contributed by atoms with E-state index in [1.54, 1.807) is 24.3 Å². The summed E-state index contributed by atoms with van der Waals surface area (Å²) in [7, 11) is -6.13. The molecule has 0 fully saturated rings. The molecule has 10 heteroatoms. The third-order valence-electron chi connectivity index (χ3n) is 4.12. The Bertz CT molecular complexity index is 1270. The van der Waals surface area contributed by atoms with Crippen LogP contribution in [0.2, 0.25) is 0 Å². The Labute approximate surface area is 189 Å². The van der Waals surface area contributed by atoms with Crippen molar-refractivity contribution in [2.75, 3.05) is 16.6 Å². The zero-order valence-corrected chi connectivity index (χ0v) is 19.9. The number of anilines is 2. The van der Waals surface area contributed by atoms with Crippen LogP contribution >= 0.6 is 22.6 Å². The Hall–Kier alpha value is -2.31. The van der Waals surface area contributed by atoms with E-state index in [-0.39, 0.29) is 15.5 Å². The van der Waals surface area contributed by atoms with E-state index in [0.717, 1.165) is 5.56 Å². The fourth-order valence-corrected chi connectivity index (χ4v) is 5.73. The van der Waals surface area contributed by atoms with E-state index in [2.05, 4.69) is 9.44 Å². The largest absolute Gasteiger partial charge is 0.496 e. The molecule has 0 bridgehead atoms. The minimum absolute atomic E-state index is 0.0194. The number of benzene rings is 3. The number of rotatable bonds is 7. The molecule has 0 saturated carbocycles. The van der Waals surface area contributed by atoms with Gasteiger partial charge in [0.25, 0.3) is 20.0 Å². The minimum Gasteiger partial charge on any atom is -0.496 e. The van der Waals surface area contributed by atoms with Crippen LogP contribution in [0.15, 0.2) is 76.5 Å². The molecule has 158 valence electrons. The fourth-order valence-electron chi connectivity index (χ4n) is 2.65. The van der Waals surface area contributed by atoms with Gasteiger partial charge in [0.2, 0.25) is 0 Å². The van der Waals surface area contributed by atoms with Crippen LogP contribution in [-0.2, 0) is 20.0 Å². The van der Waals surface area contributed by atoms with Crippen LogP contribution in [0.4, 0.5) is 11.4 Å². The molecule has 0 aliphatic rings. The van der Waals surface area contributed by atoms with E-state index < -0.39 is 20.0 Å². The van der Waals surface area contributed by atoms with Crippen LogP contribution in [0.1, 0.15) is 5.56 Å². The van der Waals surface area contributed by atoms with Crippen molar-refractivity contribution in [3.63, 3.8) is 0 Å². The molecular formula is C20H19IN2O5S2. The highest BCUT2D eigenvalue weighted by Crippen LogP contribution is 2.26. The van der Waals surface area contributed by atoms with Gasteiger partial charge in [0.15, 0.2) is 0 Å². The maximum absolute atomic E-state index is 12.6. The molecule has 3 aromatic rings. The predicted octanol–water partition coefficient (Wildman–Crippen LogP) is 4.21. The number of hydrogen-bond acceptors (Lipinski definition) is 5. The number of sulfonamides is 2. The zero-order valence-electron chi connectivity index (χ0n) is 16.1. The van der Waals surface area contributed by atoms with Crippen molar-refractivity contribution < 1.29 is 21.6 Å². The second-order valence-corrected chi connectivity index (χ2v) is 10.9. The van der Waals surface area contributed by atoms with Gasteiger partial charge in [-0.1, -0.05) is 12.1 Å².